The van der Waals surface area contributed by atoms with Crippen molar-refractivity contribution >= 4 is 0 Å². The van der Waals surface area contributed by atoms with Crippen LogP contribution in [0.3, 0.4) is 0 Å². The third kappa shape index (κ3) is 1.73. The number of hydrogen-bond acceptors (Lipinski definition) is 1. The minimum Gasteiger partial charge on any atom is -0.393 e. The van der Waals surface area contributed by atoms with Crippen LogP contribution in [-0.4, -0.2) is 11.2 Å². The Bertz CT molecular complexity index is 478. The van der Waals surface area contributed by atoms with Gasteiger partial charge in [-0.05, 0) is 78.9 Å². The molecule has 6 atom stereocenters. The largest absolute Gasteiger partial charge is 0.393 e. The first-order valence-electron chi connectivity index (χ1n) is 9.14. The molecule has 0 amide bonds. The van der Waals surface area contributed by atoms with Crippen molar-refractivity contribution in [2.75, 3.05) is 0 Å². The predicted octanol–water partition coefficient (Wildman–Crippen LogP) is 4.95. The van der Waals surface area contributed by atoms with Crippen LogP contribution < -0.4 is 0 Å². The summed E-state index contributed by atoms with van der Waals surface area (Å²) >= 11 is 0. The SMILES string of the molecule is C=C1C[C@@]23CC[C@@H]4C(C)(C)CCC[C@@]4(C)[C@@H]2[C@@H](O)C[C@@H]1C3. The molecule has 0 aromatic heterocycles. The Morgan fingerprint density at radius 3 is 2.67 bits per heavy atom. The van der Waals surface area contributed by atoms with Crippen LogP contribution in [0, 0.1) is 34.0 Å². The molecule has 4 aliphatic rings. The Morgan fingerprint density at radius 1 is 1.14 bits per heavy atom. The summed E-state index contributed by atoms with van der Waals surface area (Å²) in [5.74, 6) is 1.95. The summed E-state index contributed by atoms with van der Waals surface area (Å²) in [5, 5.41) is 11.0. The molecule has 1 spiro atoms. The first-order chi connectivity index (χ1) is 9.79. The highest BCUT2D eigenvalue weighted by atomic mass is 16.3. The molecule has 0 aromatic rings. The van der Waals surface area contributed by atoms with E-state index in [-0.39, 0.29) is 6.10 Å². The van der Waals surface area contributed by atoms with Gasteiger partial charge in [0.2, 0.25) is 0 Å². The molecule has 118 valence electrons. The van der Waals surface area contributed by atoms with E-state index in [0.717, 1.165) is 12.3 Å². The summed E-state index contributed by atoms with van der Waals surface area (Å²) < 4.78 is 0. The minimum atomic E-state index is -0.0790. The monoisotopic (exact) mass is 288 g/mol. The van der Waals surface area contributed by atoms with Gasteiger partial charge >= 0.3 is 0 Å². The molecule has 2 bridgehead atoms. The van der Waals surface area contributed by atoms with Crippen molar-refractivity contribution in [2.45, 2.75) is 78.2 Å². The van der Waals surface area contributed by atoms with Crippen molar-refractivity contribution in [3.63, 3.8) is 0 Å². The van der Waals surface area contributed by atoms with Crippen molar-refractivity contribution < 1.29 is 5.11 Å². The van der Waals surface area contributed by atoms with E-state index in [9.17, 15) is 5.11 Å². The molecule has 4 aliphatic carbocycles. The van der Waals surface area contributed by atoms with Crippen LogP contribution in [0.4, 0.5) is 0 Å². The maximum atomic E-state index is 11.0. The minimum absolute atomic E-state index is 0.0790. The number of aliphatic hydroxyl groups excluding tert-OH is 1. The molecule has 4 fully saturated rings. The van der Waals surface area contributed by atoms with Crippen molar-refractivity contribution in [3.05, 3.63) is 12.2 Å². The molecular weight excluding hydrogens is 256 g/mol. The summed E-state index contributed by atoms with van der Waals surface area (Å²) in [6, 6.07) is 0. The van der Waals surface area contributed by atoms with Crippen LogP contribution in [0.1, 0.15) is 72.1 Å². The molecule has 1 heteroatoms. The normalized spacial score (nSPS) is 55.0. The number of rotatable bonds is 0. The highest BCUT2D eigenvalue weighted by Crippen LogP contribution is 2.71. The topological polar surface area (TPSA) is 20.2 Å². The lowest BCUT2D eigenvalue weighted by molar-refractivity contribution is -0.184. The van der Waals surface area contributed by atoms with Crippen molar-refractivity contribution in [3.8, 4) is 0 Å². The molecule has 0 unspecified atom stereocenters. The van der Waals surface area contributed by atoms with Gasteiger partial charge in [-0.25, -0.2) is 0 Å². The van der Waals surface area contributed by atoms with E-state index in [4.69, 9.17) is 0 Å². The van der Waals surface area contributed by atoms with E-state index in [0.29, 0.717) is 28.1 Å². The Labute approximate surface area is 130 Å². The molecule has 1 nitrogen and oxygen atoms in total. The zero-order valence-corrected chi connectivity index (χ0v) is 14.1. The Hall–Kier alpha value is -0.300. The number of aliphatic hydroxyl groups is 1. The standard InChI is InChI=1S/C20H32O/c1-13-11-20-9-6-16-18(2,3)7-5-8-19(16,4)17(20)15(21)10-14(13)12-20/h14-17,21H,1,5-12H2,2-4H3/t14-,15+,16-,17+,19-,20-/m1/s1. The molecule has 4 rings (SSSR count). The number of hydrogen-bond donors (Lipinski definition) is 1. The van der Waals surface area contributed by atoms with Gasteiger partial charge in [0.25, 0.3) is 0 Å². The summed E-state index contributed by atoms with van der Waals surface area (Å²) in [5.41, 5.74) is 2.67. The summed E-state index contributed by atoms with van der Waals surface area (Å²) in [6.45, 7) is 11.9. The van der Waals surface area contributed by atoms with Gasteiger partial charge in [0.15, 0.2) is 0 Å². The molecule has 21 heavy (non-hydrogen) atoms. The van der Waals surface area contributed by atoms with E-state index in [1.807, 2.05) is 0 Å². The molecule has 1 N–H and O–H groups in total. The van der Waals surface area contributed by atoms with E-state index in [1.54, 1.807) is 0 Å². The zero-order valence-electron chi connectivity index (χ0n) is 14.1. The highest BCUT2D eigenvalue weighted by Gasteiger charge is 2.65. The lowest BCUT2D eigenvalue weighted by Gasteiger charge is -2.64. The lowest BCUT2D eigenvalue weighted by Crippen LogP contribution is -2.59. The second-order valence-electron chi connectivity index (χ2n) is 9.82. The Kier molecular flexibility index (Phi) is 2.83. The highest BCUT2D eigenvalue weighted by molar-refractivity contribution is 5.23. The summed E-state index contributed by atoms with van der Waals surface area (Å²) in [7, 11) is 0. The van der Waals surface area contributed by atoms with E-state index in [1.165, 1.54) is 50.5 Å². The fourth-order valence-electron chi connectivity index (χ4n) is 7.80. The molecule has 0 saturated heterocycles. The van der Waals surface area contributed by atoms with Crippen LogP contribution in [-0.2, 0) is 0 Å². The van der Waals surface area contributed by atoms with Gasteiger partial charge in [0.1, 0.15) is 0 Å². The van der Waals surface area contributed by atoms with Crippen molar-refractivity contribution in [2.24, 2.45) is 34.0 Å². The summed E-state index contributed by atoms with van der Waals surface area (Å²) in [4.78, 5) is 0. The zero-order chi connectivity index (χ0) is 15.0. The second kappa shape index (κ2) is 4.16. The van der Waals surface area contributed by atoms with Crippen LogP contribution in [0.2, 0.25) is 0 Å². The van der Waals surface area contributed by atoms with Crippen molar-refractivity contribution in [1.82, 2.24) is 0 Å². The number of fused-ring (bicyclic) bond motifs is 3. The second-order valence-corrected chi connectivity index (χ2v) is 9.82. The maximum Gasteiger partial charge on any atom is 0.0584 e. The van der Waals surface area contributed by atoms with E-state index >= 15 is 0 Å². The van der Waals surface area contributed by atoms with Gasteiger partial charge in [-0.1, -0.05) is 39.3 Å². The van der Waals surface area contributed by atoms with Gasteiger partial charge in [-0.15, -0.1) is 0 Å². The van der Waals surface area contributed by atoms with Crippen LogP contribution in [0.15, 0.2) is 12.2 Å². The van der Waals surface area contributed by atoms with Gasteiger partial charge in [-0.2, -0.15) is 0 Å². The predicted molar refractivity (Wildman–Crippen MR) is 86.9 cm³/mol. The average Bonchev–Trinajstić information content (AvgIpc) is 2.58. The quantitative estimate of drug-likeness (QED) is 0.626. The average molecular weight is 288 g/mol. The van der Waals surface area contributed by atoms with Crippen molar-refractivity contribution in [1.29, 1.82) is 0 Å². The smallest absolute Gasteiger partial charge is 0.0584 e. The Morgan fingerprint density at radius 2 is 1.90 bits per heavy atom. The first-order valence-corrected chi connectivity index (χ1v) is 9.14. The Balaban J connectivity index is 1.78. The fraction of sp³-hybridized carbons (Fsp3) is 0.900. The maximum absolute atomic E-state index is 11.0. The van der Waals surface area contributed by atoms with Gasteiger partial charge in [-0.3, -0.25) is 0 Å². The van der Waals surface area contributed by atoms with Gasteiger partial charge < -0.3 is 5.11 Å². The third-order valence-corrected chi connectivity index (χ3v) is 8.30. The van der Waals surface area contributed by atoms with Gasteiger partial charge in [0.05, 0.1) is 6.10 Å². The van der Waals surface area contributed by atoms with E-state index < -0.39 is 0 Å². The number of allylic oxidation sites excluding steroid dienone is 1. The van der Waals surface area contributed by atoms with Crippen LogP contribution >= 0.6 is 0 Å². The molecular formula is C20H32O. The molecule has 4 saturated carbocycles. The van der Waals surface area contributed by atoms with E-state index in [2.05, 4.69) is 27.4 Å². The molecule has 0 aromatic carbocycles. The first kappa shape index (κ1) is 14.3. The molecule has 0 radical (unpaired) electrons. The lowest BCUT2D eigenvalue weighted by atomic mass is 9.41. The van der Waals surface area contributed by atoms with Crippen LogP contribution in [0.25, 0.3) is 0 Å². The third-order valence-electron chi connectivity index (χ3n) is 8.30. The van der Waals surface area contributed by atoms with Gasteiger partial charge in [0, 0.05) is 0 Å². The molecule has 0 heterocycles. The summed E-state index contributed by atoms with van der Waals surface area (Å²) in [6.07, 6.45) is 10.2. The molecule has 0 aliphatic heterocycles. The fourth-order valence-corrected chi connectivity index (χ4v) is 7.80. The van der Waals surface area contributed by atoms with Crippen LogP contribution in [0.5, 0.6) is 0 Å².